The van der Waals surface area contributed by atoms with Gasteiger partial charge < -0.3 is 10.6 Å². The molecule has 0 radical (unpaired) electrons. The second kappa shape index (κ2) is 4.88. The molecule has 2 heterocycles. The SMILES string of the molecule is CC1CC(N)CCN1c1ccc(C(C)(C)C)cn1. The Morgan fingerprint density at radius 3 is 2.56 bits per heavy atom. The molecule has 2 rings (SSSR count). The van der Waals surface area contributed by atoms with Crippen LogP contribution < -0.4 is 10.6 Å². The number of piperidine rings is 1. The molecule has 100 valence electrons. The summed E-state index contributed by atoms with van der Waals surface area (Å²) >= 11 is 0. The number of nitrogens with zero attached hydrogens (tertiary/aromatic N) is 2. The smallest absolute Gasteiger partial charge is 0.128 e. The Labute approximate surface area is 110 Å². The Hall–Kier alpha value is -1.09. The largest absolute Gasteiger partial charge is 0.354 e. The van der Waals surface area contributed by atoms with E-state index in [-0.39, 0.29) is 5.41 Å². The monoisotopic (exact) mass is 247 g/mol. The van der Waals surface area contributed by atoms with Crippen LogP contribution in [-0.4, -0.2) is 23.6 Å². The van der Waals surface area contributed by atoms with Crippen LogP contribution in [0, 0.1) is 0 Å². The zero-order valence-corrected chi connectivity index (χ0v) is 12.0. The zero-order chi connectivity index (χ0) is 13.3. The Bertz CT molecular complexity index is 391. The van der Waals surface area contributed by atoms with Crippen LogP contribution in [0.5, 0.6) is 0 Å². The average molecular weight is 247 g/mol. The number of rotatable bonds is 1. The second-order valence-electron chi connectivity index (χ2n) is 6.48. The predicted octanol–water partition coefficient (Wildman–Crippen LogP) is 2.70. The van der Waals surface area contributed by atoms with E-state index in [0.717, 1.165) is 25.2 Å². The first-order valence-electron chi connectivity index (χ1n) is 6.86. The van der Waals surface area contributed by atoms with Crippen LogP contribution in [0.15, 0.2) is 18.3 Å². The van der Waals surface area contributed by atoms with Gasteiger partial charge in [0.25, 0.3) is 0 Å². The van der Waals surface area contributed by atoms with Crippen LogP contribution in [0.1, 0.15) is 46.1 Å². The van der Waals surface area contributed by atoms with Gasteiger partial charge in [0.15, 0.2) is 0 Å². The van der Waals surface area contributed by atoms with Gasteiger partial charge in [0, 0.05) is 24.8 Å². The number of hydrogen-bond acceptors (Lipinski definition) is 3. The van der Waals surface area contributed by atoms with Crippen LogP contribution >= 0.6 is 0 Å². The Morgan fingerprint density at radius 2 is 2.06 bits per heavy atom. The van der Waals surface area contributed by atoms with Gasteiger partial charge in [-0.15, -0.1) is 0 Å². The maximum Gasteiger partial charge on any atom is 0.128 e. The fourth-order valence-corrected chi connectivity index (χ4v) is 2.55. The molecule has 3 nitrogen and oxygen atoms in total. The van der Waals surface area contributed by atoms with Crippen LogP contribution in [0.4, 0.5) is 5.82 Å². The van der Waals surface area contributed by atoms with Crippen molar-refractivity contribution in [2.45, 2.75) is 58.0 Å². The Kier molecular flexibility index (Phi) is 3.62. The standard InChI is InChI=1S/C15H25N3/c1-11-9-13(16)7-8-18(11)14-6-5-12(10-17-14)15(2,3)4/h5-6,10-11,13H,7-9,16H2,1-4H3. The maximum atomic E-state index is 6.00. The molecule has 3 heteroatoms. The van der Waals surface area contributed by atoms with E-state index in [1.807, 2.05) is 6.20 Å². The summed E-state index contributed by atoms with van der Waals surface area (Å²) in [5, 5.41) is 0. The van der Waals surface area contributed by atoms with E-state index in [1.54, 1.807) is 0 Å². The minimum Gasteiger partial charge on any atom is -0.354 e. The molecule has 0 spiro atoms. The van der Waals surface area contributed by atoms with Gasteiger partial charge in [-0.05, 0) is 36.8 Å². The third-order valence-corrected chi connectivity index (χ3v) is 3.82. The van der Waals surface area contributed by atoms with E-state index in [4.69, 9.17) is 5.73 Å². The normalized spacial score (nSPS) is 25.3. The molecule has 2 N–H and O–H groups in total. The van der Waals surface area contributed by atoms with Gasteiger partial charge in [0.1, 0.15) is 5.82 Å². The molecular formula is C15H25N3. The van der Waals surface area contributed by atoms with E-state index in [2.05, 4.69) is 49.7 Å². The molecule has 0 saturated carbocycles. The molecule has 2 atom stereocenters. The Morgan fingerprint density at radius 1 is 1.33 bits per heavy atom. The highest BCUT2D eigenvalue weighted by atomic mass is 15.2. The molecule has 1 fully saturated rings. The molecule has 18 heavy (non-hydrogen) atoms. The van der Waals surface area contributed by atoms with Crippen molar-refractivity contribution in [1.82, 2.24) is 4.98 Å². The highest BCUT2D eigenvalue weighted by Gasteiger charge is 2.24. The van der Waals surface area contributed by atoms with E-state index >= 15 is 0 Å². The minimum atomic E-state index is 0.168. The van der Waals surface area contributed by atoms with Crippen molar-refractivity contribution in [3.05, 3.63) is 23.9 Å². The number of nitrogens with two attached hydrogens (primary N) is 1. The molecule has 0 aromatic carbocycles. The van der Waals surface area contributed by atoms with Gasteiger partial charge in [-0.2, -0.15) is 0 Å². The molecule has 2 unspecified atom stereocenters. The molecule has 1 aliphatic heterocycles. The van der Waals surface area contributed by atoms with Gasteiger partial charge in [0.2, 0.25) is 0 Å². The average Bonchev–Trinajstić information content (AvgIpc) is 2.28. The lowest BCUT2D eigenvalue weighted by Gasteiger charge is -2.37. The topological polar surface area (TPSA) is 42.1 Å². The predicted molar refractivity (Wildman–Crippen MR) is 77.0 cm³/mol. The molecule has 0 bridgehead atoms. The molecule has 1 aromatic heterocycles. The maximum absolute atomic E-state index is 6.00. The number of anilines is 1. The fourth-order valence-electron chi connectivity index (χ4n) is 2.55. The molecular weight excluding hydrogens is 222 g/mol. The van der Waals surface area contributed by atoms with Crippen molar-refractivity contribution in [1.29, 1.82) is 0 Å². The third kappa shape index (κ3) is 2.83. The van der Waals surface area contributed by atoms with Crippen molar-refractivity contribution >= 4 is 5.82 Å². The summed E-state index contributed by atoms with van der Waals surface area (Å²) in [5.74, 6) is 1.09. The molecule has 1 aromatic rings. The summed E-state index contributed by atoms with van der Waals surface area (Å²) in [4.78, 5) is 7.00. The second-order valence-corrected chi connectivity index (χ2v) is 6.48. The molecule has 1 saturated heterocycles. The Balaban J connectivity index is 2.15. The molecule has 0 aliphatic carbocycles. The summed E-state index contributed by atoms with van der Waals surface area (Å²) < 4.78 is 0. The minimum absolute atomic E-state index is 0.168. The first kappa shape index (κ1) is 13.3. The lowest BCUT2D eigenvalue weighted by Crippen LogP contribution is -2.46. The van der Waals surface area contributed by atoms with Crippen LogP contribution in [0.25, 0.3) is 0 Å². The van der Waals surface area contributed by atoms with Crippen molar-refractivity contribution in [3.8, 4) is 0 Å². The lowest BCUT2D eigenvalue weighted by atomic mass is 9.88. The van der Waals surface area contributed by atoms with Crippen molar-refractivity contribution in [2.75, 3.05) is 11.4 Å². The quantitative estimate of drug-likeness (QED) is 0.829. The third-order valence-electron chi connectivity index (χ3n) is 3.82. The summed E-state index contributed by atoms with van der Waals surface area (Å²) in [6.45, 7) is 9.90. The summed E-state index contributed by atoms with van der Waals surface area (Å²) in [6.07, 6.45) is 4.13. The van der Waals surface area contributed by atoms with Crippen molar-refractivity contribution < 1.29 is 0 Å². The van der Waals surface area contributed by atoms with Gasteiger partial charge in [0.05, 0.1) is 0 Å². The molecule has 1 aliphatic rings. The first-order valence-corrected chi connectivity index (χ1v) is 6.86. The van der Waals surface area contributed by atoms with Crippen LogP contribution in [0.2, 0.25) is 0 Å². The van der Waals surface area contributed by atoms with Crippen LogP contribution in [0.3, 0.4) is 0 Å². The summed E-state index contributed by atoms with van der Waals surface area (Å²) in [6, 6.07) is 5.18. The van der Waals surface area contributed by atoms with Gasteiger partial charge in [-0.1, -0.05) is 26.8 Å². The first-order chi connectivity index (χ1) is 8.38. The highest BCUT2D eigenvalue weighted by Crippen LogP contribution is 2.26. The van der Waals surface area contributed by atoms with Crippen molar-refractivity contribution in [2.24, 2.45) is 5.73 Å². The number of hydrogen-bond donors (Lipinski definition) is 1. The summed E-state index contributed by atoms with van der Waals surface area (Å²) in [7, 11) is 0. The zero-order valence-electron chi connectivity index (χ0n) is 12.0. The summed E-state index contributed by atoms with van der Waals surface area (Å²) in [5.41, 5.74) is 7.45. The number of aromatic nitrogens is 1. The fraction of sp³-hybridized carbons (Fsp3) is 0.667. The van der Waals surface area contributed by atoms with Gasteiger partial charge in [-0.25, -0.2) is 4.98 Å². The van der Waals surface area contributed by atoms with E-state index in [9.17, 15) is 0 Å². The van der Waals surface area contributed by atoms with E-state index in [1.165, 1.54) is 5.56 Å². The number of pyridine rings is 1. The van der Waals surface area contributed by atoms with Crippen molar-refractivity contribution in [3.63, 3.8) is 0 Å². The van der Waals surface area contributed by atoms with E-state index in [0.29, 0.717) is 12.1 Å². The molecule has 0 amide bonds. The van der Waals surface area contributed by atoms with Gasteiger partial charge in [-0.3, -0.25) is 0 Å². The van der Waals surface area contributed by atoms with Crippen LogP contribution in [-0.2, 0) is 5.41 Å². The lowest BCUT2D eigenvalue weighted by molar-refractivity contribution is 0.427. The highest BCUT2D eigenvalue weighted by molar-refractivity contribution is 5.42. The van der Waals surface area contributed by atoms with E-state index < -0.39 is 0 Å². The van der Waals surface area contributed by atoms with Gasteiger partial charge >= 0.3 is 0 Å².